The van der Waals surface area contributed by atoms with Gasteiger partial charge in [0.1, 0.15) is 5.75 Å². The molecule has 0 spiro atoms. The lowest BCUT2D eigenvalue weighted by Gasteiger charge is -2.07. The Bertz CT molecular complexity index is 506. The number of rotatable bonds is 4. The summed E-state index contributed by atoms with van der Waals surface area (Å²) in [4.78, 5) is 4.19. The van der Waals surface area contributed by atoms with Crippen LogP contribution >= 0.6 is 0 Å². The summed E-state index contributed by atoms with van der Waals surface area (Å²) in [6.45, 7) is 6.37. The molecule has 0 aliphatic heterocycles. The summed E-state index contributed by atoms with van der Waals surface area (Å²) in [5.41, 5.74) is 2.28. The van der Waals surface area contributed by atoms with Crippen LogP contribution in [0.5, 0.6) is 5.75 Å². The minimum atomic E-state index is 0.341. The Labute approximate surface area is 101 Å². The van der Waals surface area contributed by atoms with E-state index in [-0.39, 0.29) is 0 Å². The lowest BCUT2D eigenvalue weighted by Crippen LogP contribution is -1.99. The van der Waals surface area contributed by atoms with Crippen molar-refractivity contribution in [3.63, 3.8) is 0 Å². The molecule has 0 N–H and O–H groups in total. The molecule has 0 saturated carbocycles. The summed E-state index contributed by atoms with van der Waals surface area (Å²) in [5, 5.41) is 3.84. The molecule has 0 saturated heterocycles. The number of hydrogen-bond acceptors (Lipinski definition) is 4. The second kappa shape index (κ2) is 4.99. The van der Waals surface area contributed by atoms with E-state index in [1.54, 1.807) is 0 Å². The van der Waals surface area contributed by atoms with E-state index in [0.717, 1.165) is 17.7 Å². The van der Waals surface area contributed by atoms with Gasteiger partial charge in [-0.15, -0.1) is 0 Å². The molecular weight excluding hydrogens is 216 g/mol. The summed E-state index contributed by atoms with van der Waals surface area (Å²) in [6, 6.07) is 6.11. The number of hydrogen-bond donors (Lipinski definition) is 0. The van der Waals surface area contributed by atoms with E-state index in [9.17, 15) is 0 Å². The average Bonchev–Trinajstić information content (AvgIpc) is 2.78. The molecule has 1 heterocycles. The lowest BCUT2D eigenvalue weighted by molar-refractivity contribution is 0.283. The van der Waals surface area contributed by atoms with Gasteiger partial charge < -0.3 is 9.26 Å². The third kappa shape index (κ3) is 2.84. The molecular formula is C13H16N2O2. The molecule has 1 aromatic carbocycles. The molecule has 0 aliphatic carbocycles. The SMILES string of the molecule is CCc1nc(COc2cc(C)ccc2C)no1. The molecule has 4 nitrogen and oxygen atoms in total. The van der Waals surface area contributed by atoms with Gasteiger partial charge in [0.05, 0.1) is 0 Å². The fourth-order valence-electron chi connectivity index (χ4n) is 1.50. The van der Waals surface area contributed by atoms with E-state index in [1.165, 1.54) is 5.56 Å². The van der Waals surface area contributed by atoms with Gasteiger partial charge in [-0.3, -0.25) is 0 Å². The zero-order valence-electron chi connectivity index (χ0n) is 10.4. The van der Waals surface area contributed by atoms with Crippen molar-refractivity contribution in [1.29, 1.82) is 0 Å². The molecule has 4 heteroatoms. The van der Waals surface area contributed by atoms with Crippen molar-refractivity contribution in [2.75, 3.05) is 0 Å². The van der Waals surface area contributed by atoms with Crippen LogP contribution in [0.2, 0.25) is 0 Å². The summed E-state index contributed by atoms with van der Waals surface area (Å²) in [7, 11) is 0. The second-order valence-electron chi connectivity index (χ2n) is 4.02. The molecule has 2 rings (SSSR count). The highest BCUT2D eigenvalue weighted by molar-refractivity contribution is 5.35. The highest BCUT2D eigenvalue weighted by atomic mass is 16.5. The van der Waals surface area contributed by atoms with Crippen LogP contribution in [-0.2, 0) is 13.0 Å². The molecule has 0 radical (unpaired) electrons. The van der Waals surface area contributed by atoms with Crippen molar-refractivity contribution in [3.05, 3.63) is 41.0 Å². The van der Waals surface area contributed by atoms with Crippen molar-refractivity contribution in [1.82, 2.24) is 10.1 Å². The fraction of sp³-hybridized carbons (Fsp3) is 0.385. The van der Waals surface area contributed by atoms with Gasteiger partial charge in [-0.2, -0.15) is 4.98 Å². The van der Waals surface area contributed by atoms with Gasteiger partial charge in [0.25, 0.3) is 0 Å². The summed E-state index contributed by atoms with van der Waals surface area (Å²) >= 11 is 0. The quantitative estimate of drug-likeness (QED) is 0.813. The van der Waals surface area contributed by atoms with Gasteiger partial charge in [-0.25, -0.2) is 0 Å². The van der Waals surface area contributed by atoms with E-state index < -0.39 is 0 Å². The van der Waals surface area contributed by atoms with E-state index in [2.05, 4.69) is 16.2 Å². The Morgan fingerprint density at radius 1 is 1.29 bits per heavy atom. The largest absolute Gasteiger partial charge is 0.485 e. The van der Waals surface area contributed by atoms with Gasteiger partial charge in [-0.05, 0) is 31.0 Å². The molecule has 0 aliphatic rings. The van der Waals surface area contributed by atoms with Gasteiger partial charge in [0.2, 0.25) is 11.7 Å². The number of aryl methyl sites for hydroxylation is 3. The number of ether oxygens (including phenoxy) is 1. The minimum absolute atomic E-state index is 0.341. The first-order valence-corrected chi connectivity index (χ1v) is 5.70. The van der Waals surface area contributed by atoms with E-state index in [4.69, 9.17) is 9.26 Å². The van der Waals surface area contributed by atoms with Gasteiger partial charge in [-0.1, -0.05) is 24.2 Å². The molecule has 90 valence electrons. The van der Waals surface area contributed by atoms with Crippen LogP contribution < -0.4 is 4.74 Å². The van der Waals surface area contributed by atoms with E-state index >= 15 is 0 Å². The summed E-state index contributed by atoms with van der Waals surface area (Å²) in [6.07, 6.45) is 0.747. The monoisotopic (exact) mass is 232 g/mol. The molecule has 1 aromatic heterocycles. The maximum absolute atomic E-state index is 5.68. The van der Waals surface area contributed by atoms with Crippen LogP contribution in [0.3, 0.4) is 0 Å². The minimum Gasteiger partial charge on any atom is -0.485 e. The van der Waals surface area contributed by atoms with Crippen molar-refractivity contribution in [3.8, 4) is 5.75 Å². The predicted molar refractivity (Wildman–Crippen MR) is 63.9 cm³/mol. The lowest BCUT2D eigenvalue weighted by atomic mass is 10.1. The number of nitrogens with zero attached hydrogens (tertiary/aromatic N) is 2. The van der Waals surface area contributed by atoms with Crippen LogP contribution in [0.15, 0.2) is 22.7 Å². The Kier molecular flexibility index (Phi) is 3.42. The van der Waals surface area contributed by atoms with E-state index in [0.29, 0.717) is 18.3 Å². The molecule has 0 unspecified atom stereocenters. The van der Waals surface area contributed by atoms with Crippen molar-refractivity contribution in [2.24, 2.45) is 0 Å². The number of aromatic nitrogens is 2. The molecule has 0 atom stereocenters. The highest BCUT2D eigenvalue weighted by Gasteiger charge is 2.06. The Balaban J connectivity index is 2.04. The van der Waals surface area contributed by atoms with E-state index in [1.807, 2.05) is 32.9 Å². The fourth-order valence-corrected chi connectivity index (χ4v) is 1.50. The predicted octanol–water partition coefficient (Wildman–Crippen LogP) is 2.83. The van der Waals surface area contributed by atoms with Crippen molar-refractivity contribution >= 4 is 0 Å². The van der Waals surface area contributed by atoms with Crippen LogP contribution in [0, 0.1) is 13.8 Å². The molecule has 0 fully saturated rings. The van der Waals surface area contributed by atoms with Crippen molar-refractivity contribution in [2.45, 2.75) is 33.8 Å². The third-order valence-corrected chi connectivity index (χ3v) is 2.51. The Morgan fingerprint density at radius 2 is 2.12 bits per heavy atom. The molecule has 17 heavy (non-hydrogen) atoms. The molecule has 0 bridgehead atoms. The zero-order chi connectivity index (χ0) is 12.3. The second-order valence-corrected chi connectivity index (χ2v) is 4.02. The van der Waals surface area contributed by atoms with Crippen LogP contribution in [0.1, 0.15) is 29.8 Å². The maximum Gasteiger partial charge on any atom is 0.226 e. The van der Waals surface area contributed by atoms with Gasteiger partial charge in [0, 0.05) is 6.42 Å². The Morgan fingerprint density at radius 3 is 2.82 bits per heavy atom. The van der Waals surface area contributed by atoms with Gasteiger partial charge >= 0.3 is 0 Å². The smallest absolute Gasteiger partial charge is 0.226 e. The van der Waals surface area contributed by atoms with Crippen LogP contribution in [0.4, 0.5) is 0 Å². The summed E-state index contributed by atoms with van der Waals surface area (Å²) in [5.74, 6) is 2.10. The van der Waals surface area contributed by atoms with Crippen LogP contribution in [0.25, 0.3) is 0 Å². The normalized spacial score (nSPS) is 10.5. The highest BCUT2D eigenvalue weighted by Crippen LogP contribution is 2.19. The zero-order valence-corrected chi connectivity index (χ0v) is 10.4. The first kappa shape index (κ1) is 11.6. The average molecular weight is 232 g/mol. The van der Waals surface area contributed by atoms with Gasteiger partial charge in [0.15, 0.2) is 6.61 Å². The van der Waals surface area contributed by atoms with Crippen molar-refractivity contribution < 1.29 is 9.26 Å². The standard InChI is InChI=1S/C13H16N2O2/c1-4-13-14-12(15-17-13)8-16-11-7-9(2)5-6-10(11)3/h5-7H,4,8H2,1-3H3. The molecule has 2 aromatic rings. The number of benzene rings is 1. The topological polar surface area (TPSA) is 48.2 Å². The summed E-state index contributed by atoms with van der Waals surface area (Å²) < 4.78 is 10.7. The maximum atomic E-state index is 5.68. The third-order valence-electron chi connectivity index (χ3n) is 2.51. The first-order chi connectivity index (χ1) is 8.19. The van der Waals surface area contributed by atoms with Crippen LogP contribution in [-0.4, -0.2) is 10.1 Å². The molecule has 0 amide bonds. The first-order valence-electron chi connectivity index (χ1n) is 5.70. The Hall–Kier alpha value is -1.84.